The summed E-state index contributed by atoms with van der Waals surface area (Å²) < 4.78 is 30.6. The number of hydrogen-bond acceptors (Lipinski definition) is 9. The molecule has 0 aromatic heterocycles. The van der Waals surface area contributed by atoms with Gasteiger partial charge in [0.05, 0.1) is 36.9 Å². The number of fused-ring (bicyclic) bond motifs is 2. The molecule has 0 amide bonds. The summed E-state index contributed by atoms with van der Waals surface area (Å²) in [5.74, 6) is -1.10. The fraction of sp³-hybridized carbons (Fsp3) is 0.655. The van der Waals surface area contributed by atoms with Gasteiger partial charge in [-0.15, -0.1) is 0 Å². The number of epoxide rings is 1. The molecule has 4 bridgehead atoms. The van der Waals surface area contributed by atoms with Gasteiger partial charge in [0.25, 0.3) is 0 Å². The smallest absolute Gasteiger partial charge is 0.331 e. The van der Waals surface area contributed by atoms with E-state index in [1.807, 2.05) is 0 Å². The monoisotopic (exact) mass is 528 g/mol. The summed E-state index contributed by atoms with van der Waals surface area (Å²) in [7, 11) is 0. The minimum Gasteiger partial charge on any atom is -0.462 e. The SMILES string of the molecule is CC1=C[C@H]2O[C@@H]3C[C@H]4OC(=O)/C=C\C=C/C5([C@H](C)O)OCC/C(=C/C(=O)OC[C@@]2(CC1)C4(C)[C@]31CO1)[C@H]5O. The van der Waals surface area contributed by atoms with E-state index in [0.29, 0.717) is 31.4 Å². The van der Waals surface area contributed by atoms with Gasteiger partial charge in [-0.25, -0.2) is 9.59 Å². The van der Waals surface area contributed by atoms with Crippen molar-refractivity contribution >= 4 is 11.9 Å². The second kappa shape index (κ2) is 8.86. The second-order valence-corrected chi connectivity index (χ2v) is 11.8. The summed E-state index contributed by atoms with van der Waals surface area (Å²) in [6, 6.07) is 0. The highest BCUT2D eigenvalue weighted by Gasteiger charge is 2.83. The number of aliphatic hydroxyl groups is 2. The van der Waals surface area contributed by atoms with Gasteiger partial charge in [-0.05, 0) is 44.8 Å². The first kappa shape index (κ1) is 26.0. The molecule has 0 aromatic rings. The first-order chi connectivity index (χ1) is 18.1. The van der Waals surface area contributed by atoms with E-state index >= 15 is 0 Å². The van der Waals surface area contributed by atoms with Gasteiger partial charge in [0, 0.05) is 24.0 Å². The summed E-state index contributed by atoms with van der Waals surface area (Å²) >= 11 is 0. The summed E-state index contributed by atoms with van der Waals surface area (Å²) in [6.45, 7) is 6.43. The van der Waals surface area contributed by atoms with Crippen LogP contribution in [-0.2, 0) is 33.3 Å². The number of carbonyl (C=O) groups excluding carboxylic acids is 2. The van der Waals surface area contributed by atoms with Crippen molar-refractivity contribution in [2.75, 3.05) is 19.8 Å². The van der Waals surface area contributed by atoms with E-state index in [0.717, 1.165) is 6.42 Å². The first-order valence-corrected chi connectivity index (χ1v) is 13.5. The third-order valence-electron chi connectivity index (χ3n) is 10.1. The van der Waals surface area contributed by atoms with Crippen LogP contribution >= 0.6 is 0 Å². The average molecular weight is 529 g/mol. The predicted molar refractivity (Wildman–Crippen MR) is 134 cm³/mol. The van der Waals surface area contributed by atoms with Crippen LogP contribution in [0.3, 0.4) is 0 Å². The van der Waals surface area contributed by atoms with Crippen LogP contribution in [0.25, 0.3) is 0 Å². The fourth-order valence-corrected chi connectivity index (χ4v) is 7.68. The van der Waals surface area contributed by atoms with Crippen LogP contribution < -0.4 is 0 Å². The molecule has 4 heterocycles. The molecule has 0 radical (unpaired) electrons. The standard InChI is InChI=1S/C29H36O9/c1-17-7-10-27-15-34-24(32)13-19-8-11-35-28(18(2)30,25(19)33)9-5-4-6-23(31)38-20-14-22(37-21(27)12-17)29(16-36-29)26(20,27)3/h4-6,9,12-13,18,20-22,25,30,33H,7-8,10-11,14-16H2,1-3H3/b6-4-,9-5-,19-13-/t18-,20+,21+,22+,25+,26?,27+,28?,29-/m0/s1. The second-order valence-electron chi connectivity index (χ2n) is 11.8. The Kier molecular flexibility index (Phi) is 6.05. The molecule has 4 fully saturated rings. The number of esters is 2. The summed E-state index contributed by atoms with van der Waals surface area (Å²) in [4.78, 5) is 26.2. The molecule has 2 aliphatic carbocycles. The zero-order valence-corrected chi connectivity index (χ0v) is 22.1. The largest absolute Gasteiger partial charge is 0.462 e. The first-order valence-electron chi connectivity index (χ1n) is 13.5. The van der Waals surface area contributed by atoms with Crippen LogP contribution in [0.15, 0.2) is 47.6 Å². The lowest BCUT2D eigenvalue weighted by Crippen LogP contribution is -2.66. The third kappa shape index (κ3) is 3.48. The molecule has 38 heavy (non-hydrogen) atoms. The third-order valence-corrected chi connectivity index (χ3v) is 10.1. The Hall–Kier alpha value is -2.30. The van der Waals surface area contributed by atoms with Crippen molar-refractivity contribution in [3.05, 3.63) is 47.6 Å². The average Bonchev–Trinajstić information content (AvgIpc) is 3.65. The molecular weight excluding hydrogens is 492 g/mol. The normalized spacial score (nSPS) is 50.0. The van der Waals surface area contributed by atoms with Crippen LogP contribution in [0.1, 0.15) is 46.5 Å². The van der Waals surface area contributed by atoms with Gasteiger partial charge in [-0.3, -0.25) is 0 Å². The number of allylic oxidation sites excluding steroid dienone is 3. The highest BCUT2D eigenvalue weighted by Crippen LogP contribution is 2.72. The van der Waals surface area contributed by atoms with Gasteiger partial charge >= 0.3 is 11.9 Å². The number of ether oxygens (including phenoxy) is 5. The highest BCUT2D eigenvalue weighted by molar-refractivity contribution is 5.83. The Balaban J connectivity index is 1.44. The molecule has 1 saturated carbocycles. The molecule has 2 unspecified atom stereocenters. The molecule has 6 aliphatic rings. The van der Waals surface area contributed by atoms with Crippen LogP contribution in [0, 0.1) is 10.8 Å². The zero-order valence-electron chi connectivity index (χ0n) is 22.1. The number of carbonyl (C=O) groups is 2. The predicted octanol–water partition coefficient (Wildman–Crippen LogP) is 2.07. The summed E-state index contributed by atoms with van der Waals surface area (Å²) in [5.41, 5.74) is -1.76. The van der Waals surface area contributed by atoms with E-state index in [1.165, 1.54) is 36.8 Å². The Morgan fingerprint density at radius 1 is 1.08 bits per heavy atom. The molecule has 2 N–H and O–H groups in total. The number of rotatable bonds is 1. The van der Waals surface area contributed by atoms with Crippen molar-refractivity contribution in [2.45, 2.75) is 88.2 Å². The minimum atomic E-state index is -1.47. The maximum Gasteiger partial charge on any atom is 0.331 e. The lowest BCUT2D eigenvalue weighted by atomic mass is 9.51. The van der Waals surface area contributed by atoms with E-state index in [1.54, 1.807) is 6.08 Å². The molecule has 6 rings (SSSR count). The van der Waals surface area contributed by atoms with Crippen molar-refractivity contribution in [3.8, 4) is 0 Å². The molecule has 2 spiro atoms. The maximum absolute atomic E-state index is 13.2. The van der Waals surface area contributed by atoms with Gasteiger partial charge in [-0.2, -0.15) is 0 Å². The van der Waals surface area contributed by atoms with Gasteiger partial charge < -0.3 is 33.9 Å². The van der Waals surface area contributed by atoms with Crippen molar-refractivity contribution in [1.29, 1.82) is 0 Å². The molecule has 9 nitrogen and oxygen atoms in total. The number of hydrogen-bond donors (Lipinski definition) is 2. The molecule has 3 saturated heterocycles. The Morgan fingerprint density at radius 2 is 1.87 bits per heavy atom. The quantitative estimate of drug-likeness (QED) is 0.299. The molecular formula is C29H36O9. The molecule has 4 aliphatic heterocycles. The fourth-order valence-electron chi connectivity index (χ4n) is 7.68. The number of aliphatic hydroxyl groups excluding tert-OH is 2. The van der Waals surface area contributed by atoms with Gasteiger partial charge in [0.2, 0.25) is 0 Å². The summed E-state index contributed by atoms with van der Waals surface area (Å²) in [6.07, 6.45) is 8.21. The Bertz CT molecular complexity index is 1150. The van der Waals surface area contributed by atoms with Crippen molar-refractivity contribution < 1.29 is 43.5 Å². The van der Waals surface area contributed by atoms with E-state index in [4.69, 9.17) is 23.7 Å². The van der Waals surface area contributed by atoms with Crippen LogP contribution in [0.5, 0.6) is 0 Å². The van der Waals surface area contributed by atoms with Gasteiger partial charge in [0.1, 0.15) is 30.0 Å². The lowest BCUT2D eigenvalue weighted by Gasteiger charge is -2.58. The Labute approximate surface area is 222 Å². The lowest BCUT2D eigenvalue weighted by molar-refractivity contribution is -0.232. The summed E-state index contributed by atoms with van der Waals surface area (Å²) in [5, 5.41) is 21.7. The van der Waals surface area contributed by atoms with Crippen LogP contribution in [0.4, 0.5) is 0 Å². The van der Waals surface area contributed by atoms with Crippen LogP contribution in [0.2, 0.25) is 0 Å². The topological polar surface area (TPSA) is 124 Å². The van der Waals surface area contributed by atoms with E-state index < -0.39 is 52.3 Å². The van der Waals surface area contributed by atoms with Crippen molar-refractivity contribution in [1.82, 2.24) is 0 Å². The minimum absolute atomic E-state index is 0.0519. The van der Waals surface area contributed by atoms with Crippen LogP contribution in [-0.4, -0.2) is 83.7 Å². The highest BCUT2D eigenvalue weighted by atomic mass is 16.6. The van der Waals surface area contributed by atoms with E-state index in [-0.39, 0.29) is 25.4 Å². The molecule has 206 valence electrons. The van der Waals surface area contributed by atoms with Crippen molar-refractivity contribution in [3.63, 3.8) is 0 Å². The van der Waals surface area contributed by atoms with Gasteiger partial charge in [-0.1, -0.05) is 30.7 Å². The van der Waals surface area contributed by atoms with E-state index in [2.05, 4.69) is 19.9 Å². The Morgan fingerprint density at radius 3 is 2.61 bits per heavy atom. The molecule has 0 aromatic carbocycles. The van der Waals surface area contributed by atoms with Crippen molar-refractivity contribution in [2.24, 2.45) is 10.8 Å². The molecule has 9 heteroatoms. The zero-order chi connectivity index (χ0) is 26.9. The van der Waals surface area contributed by atoms with Gasteiger partial charge in [0.15, 0.2) is 0 Å². The molecule has 9 atom stereocenters. The van der Waals surface area contributed by atoms with E-state index in [9.17, 15) is 19.8 Å². The number of cyclic esters (lactones) is 1. The maximum atomic E-state index is 13.2.